The molecule has 2 aromatic carbocycles. The standard InChI is InChI=1S/C17H12N4S2/c18-11-13(10-12-6-2-1-3-7-12)22-16-19-20-17-21(16)14-8-4-5-9-15(14)23-17/h1-9,13H,10H2/t13-/m0/s1. The topological polar surface area (TPSA) is 54.0 Å². The van der Waals surface area contributed by atoms with Crippen molar-refractivity contribution in [3.8, 4) is 6.07 Å². The molecule has 1 atom stereocenters. The third kappa shape index (κ3) is 2.69. The van der Waals surface area contributed by atoms with Gasteiger partial charge in [-0.15, -0.1) is 10.2 Å². The summed E-state index contributed by atoms with van der Waals surface area (Å²) in [6, 6.07) is 20.6. The maximum absolute atomic E-state index is 9.50. The zero-order chi connectivity index (χ0) is 15.6. The fraction of sp³-hybridized carbons (Fsp3) is 0.118. The Labute approximate surface area is 141 Å². The van der Waals surface area contributed by atoms with Crippen LogP contribution in [0.3, 0.4) is 0 Å². The van der Waals surface area contributed by atoms with E-state index in [0.717, 1.165) is 21.2 Å². The number of hydrogen-bond acceptors (Lipinski definition) is 5. The molecule has 0 amide bonds. The van der Waals surface area contributed by atoms with Crippen molar-refractivity contribution in [1.82, 2.24) is 14.6 Å². The smallest absolute Gasteiger partial charge is 0.217 e. The zero-order valence-electron chi connectivity index (χ0n) is 12.1. The molecule has 4 nitrogen and oxygen atoms in total. The molecular formula is C17H12N4S2. The van der Waals surface area contributed by atoms with Gasteiger partial charge in [-0.05, 0) is 24.1 Å². The predicted molar refractivity (Wildman–Crippen MR) is 93.8 cm³/mol. The molecule has 0 fully saturated rings. The molecule has 4 aromatic rings. The monoisotopic (exact) mass is 336 g/mol. The van der Waals surface area contributed by atoms with E-state index in [4.69, 9.17) is 0 Å². The minimum absolute atomic E-state index is 0.191. The van der Waals surface area contributed by atoms with E-state index < -0.39 is 0 Å². The molecule has 0 spiro atoms. The predicted octanol–water partition coefficient (Wildman–Crippen LogP) is 4.17. The molecule has 112 valence electrons. The Morgan fingerprint density at radius 1 is 1.09 bits per heavy atom. The fourth-order valence-corrected chi connectivity index (χ4v) is 4.48. The molecule has 0 saturated heterocycles. The lowest BCUT2D eigenvalue weighted by Crippen LogP contribution is -2.05. The van der Waals surface area contributed by atoms with Crippen molar-refractivity contribution >= 4 is 38.3 Å². The maximum Gasteiger partial charge on any atom is 0.217 e. The van der Waals surface area contributed by atoms with E-state index in [1.165, 1.54) is 16.5 Å². The van der Waals surface area contributed by atoms with E-state index >= 15 is 0 Å². The van der Waals surface area contributed by atoms with Gasteiger partial charge in [0.25, 0.3) is 0 Å². The molecule has 2 aromatic heterocycles. The number of thioether (sulfide) groups is 1. The van der Waals surface area contributed by atoms with Gasteiger partial charge in [-0.25, -0.2) is 0 Å². The lowest BCUT2D eigenvalue weighted by molar-refractivity contribution is 0.926. The molecule has 23 heavy (non-hydrogen) atoms. The number of para-hydroxylation sites is 1. The first kappa shape index (κ1) is 14.2. The van der Waals surface area contributed by atoms with Crippen molar-refractivity contribution in [3.63, 3.8) is 0 Å². The molecule has 0 aliphatic heterocycles. The van der Waals surface area contributed by atoms with Crippen LogP contribution in [0.1, 0.15) is 5.56 Å². The first-order valence-electron chi connectivity index (χ1n) is 7.18. The number of nitriles is 1. The molecule has 0 unspecified atom stereocenters. The molecule has 4 rings (SSSR count). The van der Waals surface area contributed by atoms with Crippen LogP contribution in [0.15, 0.2) is 59.8 Å². The number of nitrogens with zero attached hydrogens (tertiary/aromatic N) is 4. The van der Waals surface area contributed by atoms with E-state index in [9.17, 15) is 5.26 Å². The van der Waals surface area contributed by atoms with Crippen molar-refractivity contribution in [3.05, 3.63) is 60.2 Å². The minimum atomic E-state index is -0.191. The van der Waals surface area contributed by atoms with Gasteiger partial charge in [0.05, 0.1) is 16.3 Å². The lowest BCUT2D eigenvalue weighted by atomic mass is 10.1. The normalized spacial score (nSPS) is 12.5. The molecule has 0 radical (unpaired) electrons. The highest BCUT2D eigenvalue weighted by molar-refractivity contribution is 8.00. The van der Waals surface area contributed by atoms with Crippen molar-refractivity contribution in [2.75, 3.05) is 0 Å². The van der Waals surface area contributed by atoms with E-state index in [2.05, 4.69) is 28.4 Å². The highest BCUT2D eigenvalue weighted by Gasteiger charge is 2.18. The van der Waals surface area contributed by atoms with E-state index in [-0.39, 0.29) is 5.25 Å². The van der Waals surface area contributed by atoms with Gasteiger partial charge in [0.1, 0.15) is 5.25 Å². The Hall–Kier alpha value is -2.36. The minimum Gasteiger partial charge on any atom is -0.260 e. The van der Waals surface area contributed by atoms with E-state index in [1.54, 1.807) is 11.3 Å². The summed E-state index contributed by atoms with van der Waals surface area (Å²) in [5.41, 5.74) is 2.25. The summed E-state index contributed by atoms with van der Waals surface area (Å²) in [7, 11) is 0. The molecule has 0 aliphatic rings. The highest BCUT2D eigenvalue weighted by atomic mass is 32.2. The van der Waals surface area contributed by atoms with Gasteiger partial charge in [-0.1, -0.05) is 65.6 Å². The average molecular weight is 336 g/mol. The molecule has 2 heterocycles. The van der Waals surface area contributed by atoms with Crippen LogP contribution >= 0.6 is 23.1 Å². The molecule has 0 N–H and O–H groups in total. The van der Waals surface area contributed by atoms with Crippen LogP contribution < -0.4 is 0 Å². The molecule has 0 bridgehead atoms. The second-order valence-corrected chi connectivity index (χ2v) is 7.27. The summed E-state index contributed by atoms with van der Waals surface area (Å²) in [6.45, 7) is 0. The van der Waals surface area contributed by atoms with E-state index in [1.807, 2.05) is 46.9 Å². The Morgan fingerprint density at radius 2 is 1.87 bits per heavy atom. The fourth-order valence-electron chi connectivity index (χ4n) is 2.50. The van der Waals surface area contributed by atoms with Crippen LogP contribution in [-0.4, -0.2) is 19.8 Å². The van der Waals surface area contributed by atoms with Gasteiger partial charge in [-0.3, -0.25) is 4.40 Å². The van der Waals surface area contributed by atoms with Crippen molar-refractivity contribution in [1.29, 1.82) is 5.26 Å². The second-order valence-electron chi connectivity index (χ2n) is 5.10. The first-order chi connectivity index (χ1) is 11.3. The molecule has 0 aliphatic carbocycles. The summed E-state index contributed by atoms with van der Waals surface area (Å²) in [4.78, 5) is 0.866. The third-order valence-electron chi connectivity index (χ3n) is 3.57. The Kier molecular flexibility index (Phi) is 3.74. The van der Waals surface area contributed by atoms with Gasteiger partial charge in [-0.2, -0.15) is 5.26 Å². The zero-order valence-corrected chi connectivity index (χ0v) is 13.7. The van der Waals surface area contributed by atoms with Crippen LogP contribution in [0.2, 0.25) is 0 Å². The van der Waals surface area contributed by atoms with Crippen LogP contribution in [-0.2, 0) is 6.42 Å². The van der Waals surface area contributed by atoms with Crippen LogP contribution in [0.5, 0.6) is 0 Å². The van der Waals surface area contributed by atoms with Gasteiger partial charge < -0.3 is 0 Å². The number of rotatable bonds is 4. The summed E-state index contributed by atoms with van der Waals surface area (Å²) < 4.78 is 3.22. The lowest BCUT2D eigenvalue weighted by Gasteiger charge is -2.07. The molecular weight excluding hydrogens is 324 g/mol. The number of fused-ring (bicyclic) bond motifs is 3. The highest BCUT2D eigenvalue weighted by Crippen LogP contribution is 2.31. The van der Waals surface area contributed by atoms with Crippen molar-refractivity contribution < 1.29 is 0 Å². The van der Waals surface area contributed by atoms with Crippen molar-refractivity contribution in [2.24, 2.45) is 0 Å². The van der Waals surface area contributed by atoms with Crippen LogP contribution in [0, 0.1) is 11.3 Å². The summed E-state index contributed by atoms with van der Waals surface area (Å²) in [5.74, 6) is 0. The van der Waals surface area contributed by atoms with Gasteiger partial charge in [0.2, 0.25) is 4.96 Å². The second kappa shape index (κ2) is 6.03. The molecule has 6 heteroatoms. The van der Waals surface area contributed by atoms with Gasteiger partial charge in [0.15, 0.2) is 5.16 Å². The van der Waals surface area contributed by atoms with Crippen LogP contribution in [0.25, 0.3) is 15.2 Å². The third-order valence-corrected chi connectivity index (χ3v) is 5.61. The number of benzene rings is 2. The van der Waals surface area contributed by atoms with Gasteiger partial charge >= 0.3 is 0 Å². The largest absolute Gasteiger partial charge is 0.260 e. The van der Waals surface area contributed by atoms with Crippen LogP contribution in [0.4, 0.5) is 0 Å². The Morgan fingerprint density at radius 3 is 2.70 bits per heavy atom. The Balaban J connectivity index is 1.67. The average Bonchev–Trinajstić information content (AvgIpc) is 3.15. The summed E-state index contributed by atoms with van der Waals surface area (Å²) in [6.07, 6.45) is 0.693. The number of aromatic nitrogens is 3. The van der Waals surface area contributed by atoms with Crippen molar-refractivity contribution in [2.45, 2.75) is 16.8 Å². The van der Waals surface area contributed by atoms with Gasteiger partial charge in [0, 0.05) is 0 Å². The number of thiazole rings is 1. The number of hydrogen-bond donors (Lipinski definition) is 0. The Bertz CT molecular complexity index is 998. The summed E-state index contributed by atoms with van der Waals surface area (Å²) in [5, 5.41) is 18.6. The SMILES string of the molecule is N#C[C@H](Cc1ccccc1)Sc1nnc2sc3ccccc3n12. The maximum atomic E-state index is 9.50. The summed E-state index contributed by atoms with van der Waals surface area (Å²) >= 11 is 3.09. The quantitative estimate of drug-likeness (QED) is 0.525. The molecule has 0 saturated carbocycles. The first-order valence-corrected chi connectivity index (χ1v) is 8.87. The van der Waals surface area contributed by atoms with E-state index in [0.29, 0.717) is 6.42 Å².